The Morgan fingerprint density at radius 2 is 2.28 bits per heavy atom. The van der Waals surface area contributed by atoms with Gasteiger partial charge in [-0.15, -0.1) is 0 Å². The lowest BCUT2D eigenvalue weighted by molar-refractivity contribution is -0.134. The molecule has 2 amide bonds. The quantitative estimate of drug-likeness (QED) is 0.796. The maximum Gasteiger partial charge on any atom is 0.245 e. The number of hydrogen-bond donors (Lipinski definition) is 1. The van der Waals surface area contributed by atoms with Gasteiger partial charge < -0.3 is 15.0 Å². The number of carbonyl (C=O) groups is 2. The van der Waals surface area contributed by atoms with E-state index in [2.05, 4.69) is 5.32 Å². The highest BCUT2D eigenvalue weighted by Gasteiger charge is 2.31. The average Bonchev–Trinajstić information content (AvgIpc) is 2.81. The summed E-state index contributed by atoms with van der Waals surface area (Å²) in [7, 11) is 0. The summed E-state index contributed by atoms with van der Waals surface area (Å²) in [6.45, 7) is 4.83. The maximum atomic E-state index is 12.3. The first-order valence-corrected chi connectivity index (χ1v) is 6.86. The molecular weight excluding hydrogens is 232 g/mol. The van der Waals surface area contributed by atoms with Gasteiger partial charge in [-0.3, -0.25) is 9.59 Å². The van der Waals surface area contributed by atoms with E-state index in [-0.39, 0.29) is 17.9 Å². The van der Waals surface area contributed by atoms with Gasteiger partial charge in [0.1, 0.15) is 6.04 Å². The van der Waals surface area contributed by atoms with Crippen LogP contribution in [0.4, 0.5) is 0 Å². The third-order valence-corrected chi connectivity index (χ3v) is 3.63. The molecule has 2 rings (SSSR count). The van der Waals surface area contributed by atoms with Crippen LogP contribution in [0.5, 0.6) is 0 Å². The van der Waals surface area contributed by atoms with E-state index in [1.165, 1.54) is 0 Å². The molecule has 2 heterocycles. The zero-order valence-corrected chi connectivity index (χ0v) is 11.0. The molecule has 0 aromatic rings. The summed E-state index contributed by atoms with van der Waals surface area (Å²) in [4.78, 5) is 25.8. The minimum absolute atomic E-state index is 0.00743. The van der Waals surface area contributed by atoms with Crippen molar-refractivity contribution in [2.24, 2.45) is 5.92 Å². The minimum Gasteiger partial charge on any atom is -0.381 e. The van der Waals surface area contributed by atoms with Crippen LogP contribution >= 0.6 is 0 Å². The topological polar surface area (TPSA) is 58.6 Å². The van der Waals surface area contributed by atoms with Crippen LogP contribution in [-0.2, 0) is 14.3 Å². The molecule has 2 aliphatic heterocycles. The summed E-state index contributed by atoms with van der Waals surface area (Å²) in [5.74, 6) is 0.506. The van der Waals surface area contributed by atoms with Crippen LogP contribution in [-0.4, -0.2) is 49.1 Å². The van der Waals surface area contributed by atoms with Gasteiger partial charge in [-0.05, 0) is 12.8 Å². The van der Waals surface area contributed by atoms with Crippen molar-refractivity contribution in [3.63, 3.8) is 0 Å². The highest BCUT2D eigenvalue weighted by molar-refractivity contribution is 5.89. The molecule has 2 fully saturated rings. The summed E-state index contributed by atoms with van der Waals surface area (Å²) >= 11 is 0. The molecule has 0 aromatic heterocycles. The van der Waals surface area contributed by atoms with Crippen molar-refractivity contribution in [1.29, 1.82) is 0 Å². The van der Waals surface area contributed by atoms with Crippen LogP contribution < -0.4 is 5.32 Å². The molecule has 0 saturated carbocycles. The summed E-state index contributed by atoms with van der Waals surface area (Å²) in [6.07, 6.45) is 3.06. The standard InChI is InChI=1S/C13H22N2O3/c1-2-3-11-13(17)15(6-4-12(16)14-11)8-10-5-7-18-9-10/h10-11H,2-9H2,1H3,(H,14,16). The van der Waals surface area contributed by atoms with Gasteiger partial charge in [0, 0.05) is 32.0 Å². The van der Waals surface area contributed by atoms with Gasteiger partial charge in [-0.2, -0.15) is 0 Å². The molecule has 5 heteroatoms. The molecule has 0 aromatic carbocycles. The van der Waals surface area contributed by atoms with Gasteiger partial charge in [0.05, 0.1) is 6.61 Å². The molecule has 2 unspecified atom stereocenters. The third kappa shape index (κ3) is 3.22. The molecule has 0 aliphatic carbocycles. The van der Waals surface area contributed by atoms with E-state index in [0.717, 1.165) is 39.0 Å². The van der Waals surface area contributed by atoms with Crippen molar-refractivity contribution in [2.75, 3.05) is 26.3 Å². The predicted molar refractivity (Wildman–Crippen MR) is 67.0 cm³/mol. The van der Waals surface area contributed by atoms with Crippen molar-refractivity contribution >= 4 is 11.8 Å². The van der Waals surface area contributed by atoms with Gasteiger partial charge in [0.2, 0.25) is 11.8 Å². The molecule has 1 N–H and O–H groups in total. The molecule has 5 nitrogen and oxygen atoms in total. The van der Waals surface area contributed by atoms with Crippen molar-refractivity contribution in [3.05, 3.63) is 0 Å². The first-order valence-electron chi connectivity index (χ1n) is 6.86. The lowest BCUT2D eigenvalue weighted by Crippen LogP contribution is -2.46. The van der Waals surface area contributed by atoms with Crippen LogP contribution in [0, 0.1) is 5.92 Å². The fraction of sp³-hybridized carbons (Fsp3) is 0.846. The summed E-state index contributed by atoms with van der Waals surface area (Å²) < 4.78 is 5.34. The lowest BCUT2D eigenvalue weighted by atomic mass is 10.1. The number of nitrogens with zero attached hydrogens (tertiary/aromatic N) is 1. The van der Waals surface area contributed by atoms with E-state index in [9.17, 15) is 9.59 Å². The Labute approximate surface area is 108 Å². The fourth-order valence-electron chi connectivity index (χ4n) is 2.60. The van der Waals surface area contributed by atoms with E-state index < -0.39 is 0 Å². The Morgan fingerprint density at radius 1 is 1.44 bits per heavy atom. The van der Waals surface area contributed by atoms with E-state index in [0.29, 0.717) is 18.9 Å². The Morgan fingerprint density at radius 3 is 2.94 bits per heavy atom. The van der Waals surface area contributed by atoms with Crippen molar-refractivity contribution < 1.29 is 14.3 Å². The van der Waals surface area contributed by atoms with Gasteiger partial charge in [0.15, 0.2) is 0 Å². The van der Waals surface area contributed by atoms with E-state index >= 15 is 0 Å². The third-order valence-electron chi connectivity index (χ3n) is 3.63. The van der Waals surface area contributed by atoms with Crippen LogP contribution in [0.25, 0.3) is 0 Å². The Bertz CT molecular complexity index is 313. The highest BCUT2D eigenvalue weighted by atomic mass is 16.5. The summed E-state index contributed by atoms with van der Waals surface area (Å²) in [5, 5.41) is 2.82. The first kappa shape index (κ1) is 13.3. The van der Waals surface area contributed by atoms with E-state index in [4.69, 9.17) is 4.74 Å². The molecule has 102 valence electrons. The Kier molecular flexibility index (Phi) is 4.58. The maximum absolute atomic E-state index is 12.3. The molecule has 0 radical (unpaired) electrons. The first-order chi connectivity index (χ1) is 8.70. The number of amides is 2. The van der Waals surface area contributed by atoms with Gasteiger partial charge in [-0.25, -0.2) is 0 Å². The van der Waals surface area contributed by atoms with Crippen LogP contribution in [0.1, 0.15) is 32.6 Å². The molecule has 0 spiro atoms. The van der Waals surface area contributed by atoms with Crippen LogP contribution in [0.2, 0.25) is 0 Å². The Hall–Kier alpha value is -1.10. The van der Waals surface area contributed by atoms with Crippen molar-refractivity contribution in [1.82, 2.24) is 10.2 Å². The van der Waals surface area contributed by atoms with E-state index in [1.54, 1.807) is 0 Å². The van der Waals surface area contributed by atoms with Gasteiger partial charge in [0.25, 0.3) is 0 Å². The second-order valence-electron chi connectivity index (χ2n) is 5.17. The predicted octanol–water partition coefficient (Wildman–Crippen LogP) is 0.540. The fourth-order valence-corrected chi connectivity index (χ4v) is 2.60. The number of hydrogen-bond acceptors (Lipinski definition) is 3. The molecular formula is C13H22N2O3. The second-order valence-corrected chi connectivity index (χ2v) is 5.17. The number of rotatable bonds is 4. The number of nitrogens with one attached hydrogen (secondary N) is 1. The molecule has 18 heavy (non-hydrogen) atoms. The molecule has 2 aliphatic rings. The average molecular weight is 254 g/mol. The van der Waals surface area contributed by atoms with Gasteiger partial charge in [-0.1, -0.05) is 13.3 Å². The number of ether oxygens (including phenoxy) is 1. The molecule has 2 saturated heterocycles. The lowest BCUT2D eigenvalue weighted by Gasteiger charge is -2.26. The summed E-state index contributed by atoms with van der Waals surface area (Å²) in [6, 6.07) is -0.327. The Balaban J connectivity index is 1.98. The zero-order valence-electron chi connectivity index (χ0n) is 11.0. The van der Waals surface area contributed by atoms with Crippen LogP contribution in [0.15, 0.2) is 0 Å². The van der Waals surface area contributed by atoms with Crippen molar-refractivity contribution in [3.8, 4) is 0 Å². The minimum atomic E-state index is -0.327. The van der Waals surface area contributed by atoms with Crippen molar-refractivity contribution in [2.45, 2.75) is 38.6 Å². The monoisotopic (exact) mass is 254 g/mol. The smallest absolute Gasteiger partial charge is 0.245 e. The zero-order chi connectivity index (χ0) is 13.0. The largest absolute Gasteiger partial charge is 0.381 e. The number of carbonyl (C=O) groups excluding carboxylic acids is 2. The van der Waals surface area contributed by atoms with Crippen LogP contribution in [0.3, 0.4) is 0 Å². The molecule has 2 atom stereocenters. The SMILES string of the molecule is CCCC1NC(=O)CCN(CC2CCOC2)C1=O. The normalized spacial score (nSPS) is 29.3. The summed E-state index contributed by atoms with van der Waals surface area (Å²) in [5.41, 5.74) is 0. The second kappa shape index (κ2) is 6.18. The highest BCUT2D eigenvalue weighted by Crippen LogP contribution is 2.16. The molecule has 0 bridgehead atoms. The van der Waals surface area contributed by atoms with E-state index in [1.807, 2.05) is 11.8 Å². The van der Waals surface area contributed by atoms with Gasteiger partial charge >= 0.3 is 0 Å².